The van der Waals surface area contributed by atoms with Crippen LogP contribution in [0.15, 0.2) is 23.3 Å². The van der Waals surface area contributed by atoms with Gasteiger partial charge in [-0.25, -0.2) is 0 Å². The number of carbonyl (C=O) groups is 2. The lowest BCUT2D eigenvalue weighted by atomic mass is 9.99. The van der Waals surface area contributed by atoms with Gasteiger partial charge in [0.2, 0.25) is 0 Å². The third-order valence-electron chi connectivity index (χ3n) is 5.22. The first kappa shape index (κ1) is 17.4. The van der Waals surface area contributed by atoms with Crippen molar-refractivity contribution in [1.29, 1.82) is 0 Å². The number of likely N-dealkylation sites (tertiary alicyclic amines) is 1. The van der Waals surface area contributed by atoms with Crippen LogP contribution in [0.4, 0.5) is 0 Å². The van der Waals surface area contributed by atoms with Crippen LogP contribution in [0.1, 0.15) is 46.4 Å². The van der Waals surface area contributed by atoms with E-state index in [2.05, 4.69) is 15.4 Å². The van der Waals surface area contributed by atoms with Crippen molar-refractivity contribution in [3.05, 3.63) is 45.9 Å². The predicted octanol–water partition coefficient (Wildman–Crippen LogP) is -0.0156. The summed E-state index contributed by atoms with van der Waals surface area (Å²) in [7, 11) is 1.74. The summed E-state index contributed by atoms with van der Waals surface area (Å²) in [5.41, 5.74) is 0.0905. The zero-order valence-electron chi connectivity index (χ0n) is 15.5. The molecule has 0 unspecified atom stereocenters. The van der Waals surface area contributed by atoms with Crippen LogP contribution in [-0.4, -0.2) is 55.2 Å². The highest BCUT2D eigenvalue weighted by atomic mass is 16.2. The molecule has 4 heterocycles. The molecule has 2 aliphatic heterocycles. The van der Waals surface area contributed by atoms with E-state index in [1.807, 2.05) is 18.4 Å². The lowest BCUT2D eigenvalue weighted by molar-refractivity contribution is 0.0772. The topological polar surface area (TPSA) is 102 Å². The smallest absolute Gasteiger partial charge is 0.285 e. The molecule has 2 amide bonds. The van der Waals surface area contributed by atoms with Crippen LogP contribution in [0.2, 0.25) is 0 Å². The van der Waals surface area contributed by atoms with E-state index in [0.29, 0.717) is 31.2 Å². The zero-order valence-corrected chi connectivity index (χ0v) is 15.5. The van der Waals surface area contributed by atoms with Crippen LogP contribution in [0.3, 0.4) is 0 Å². The fraction of sp³-hybridized carbons (Fsp3) is 0.500. The van der Waals surface area contributed by atoms with E-state index in [1.54, 1.807) is 35.1 Å². The summed E-state index contributed by atoms with van der Waals surface area (Å²) in [6.07, 6.45) is 3.21. The third-order valence-corrected chi connectivity index (χ3v) is 5.22. The number of hydrogen-bond donors (Lipinski definition) is 1. The van der Waals surface area contributed by atoms with Crippen molar-refractivity contribution in [2.45, 2.75) is 32.4 Å². The highest BCUT2D eigenvalue weighted by Gasteiger charge is 2.43. The summed E-state index contributed by atoms with van der Waals surface area (Å²) < 4.78 is 3.45. The highest BCUT2D eigenvalue weighted by Crippen LogP contribution is 2.38. The number of fused-ring (bicyclic) bond motifs is 3. The van der Waals surface area contributed by atoms with E-state index in [9.17, 15) is 14.4 Å². The molecule has 4 rings (SSSR count). The number of rotatable bonds is 3. The molecule has 9 heteroatoms. The molecule has 2 aliphatic rings. The minimum Gasteiger partial charge on any atom is -0.350 e. The van der Waals surface area contributed by atoms with Crippen LogP contribution >= 0.6 is 0 Å². The fourth-order valence-electron chi connectivity index (χ4n) is 3.96. The Morgan fingerprint density at radius 2 is 2.04 bits per heavy atom. The number of hydrogen-bond acceptors (Lipinski definition) is 5. The predicted molar refractivity (Wildman–Crippen MR) is 96.4 cm³/mol. The van der Waals surface area contributed by atoms with Gasteiger partial charge in [-0.15, -0.1) is 0 Å². The maximum atomic E-state index is 12.7. The molecule has 2 aromatic heterocycles. The second kappa shape index (κ2) is 6.33. The van der Waals surface area contributed by atoms with Crippen LogP contribution < -0.4 is 10.9 Å². The lowest BCUT2D eigenvalue weighted by Crippen LogP contribution is -2.36. The van der Waals surface area contributed by atoms with Gasteiger partial charge in [-0.1, -0.05) is 0 Å². The molecule has 2 aromatic rings. The first-order chi connectivity index (χ1) is 12.8. The average Bonchev–Trinajstić information content (AvgIpc) is 3.27. The van der Waals surface area contributed by atoms with Gasteiger partial charge in [-0.2, -0.15) is 10.1 Å². The quantitative estimate of drug-likeness (QED) is 0.818. The second-order valence-corrected chi connectivity index (χ2v) is 7.52. The Bertz CT molecular complexity index is 976. The number of nitrogens with one attached hydrogen (secondary N) is 1. The Labute approximate surface area is 156 Å². The molecule has 0 aliphatic carbocycles. The van der Waals surface area contributed by atoms with Gasteiger partial charge >= 0.3 is 0 Å². The van der Waals surface area contributed by atoms with Crippen molar-refractivity contribution < 1.29 is 9.59 Å². The van der Waals surface area contributed by atoms with E-state index >= 15 is 0 Å². The monoisotopic (exact) mass is 370 g/mol. The van der Waals surface area contributed by atoms with Gasteiger partial charge in [0, 0.05) is 57.0 Å². The van der Waals surface area contributed by atoms with Gasteiger partial charge in [-0.3, -0.25) is 19.1 Å². The molecule has 27 heavy (non-hydrogen) atoms. The Morgan fingerprint density at radius 1 is 1.26 bits per heavy atom. The SMILES string of the molecule is CC(C)NC(=O)c1cn2c(nc1=O)[C@@H]1CN(C(=O)c3ccnn3C)C[C@@H]1C2. The number of aromatic nitrogens is 4. The molecule has 2 atom stereocenters. The van der Waals surface area contributed by atoms with Crippen molar-refractivity contribution >= 4 is 11.8 Å². The molecular formula is C18H22N6O3. The van der Waals surface area contributed by atoms with Gasteiger partial charge < -0.3 is 14.8 Å². The Morgan fingerprint density at radius 3 is 2.70 bits per heavy atom. The fourth-order valence-corrected chi connectivity index (χ4v) is 3.96. The molecule has 0 aromatic carbocycles. The van der Waals surface area contributed by atoms with Gasteiger partial charge in [0.15, 0.2) is 0 Å². The molecule has 0 bridgehead atoms. The summed E-state index contributed by atoms with van der Waals surface area (Å²) in [6, 6.07) is 1.65. The molecule has 0 saturated carbocycles. The molecule has 0 radical (unpaired) electrons. The molecule has 1 saturated heterocycles. The minimum atomic E-state index is -0.517. The molecule has 1 N–H and O–H groups in total. The summed E-state index contributed by atoms with van der Waals surface area (Å²) in [5.74, 6) is 0.398. The molecule has 1 fully saturated rings. The van der Waals surface area contributed by atoms with Gasteiger partial charge in [0.1, 0.15) is 17.1 Å². The Kier molecular flexibility index (Phi) is 4.09. The largest absolute Gasteiger partial charge is 0.350 e. The van der Waals surface area contributed by atoms with E-state index < -0.39 is 11.5 Å². The van der Waals surface area contributed by atoms with Crippen LogP contribution in [0.5, 0.6) is 0 Å². The maximum absolute atomic E-state index is 12.7. The molecule has 9 nitrogen and oxygen atoms in total. The zero-order chi connectivity index (χ0) is 19.3. The number of amides is 2. The Hall–Kier alpha value is -2.97. The number of nitrogens with zero attached hydrogens (tertiary/aromatic N) is 5. The van der Waals surface area contributed by atoms with Gasteiger partial charge in [0.25, 0.3) is 17.4 Å². The van der Waals surface area contributed by atoms with Crippen LogP contribution in [0.25, 0.3) is 0 Å². The molecular weight excluding hydrogens is 348 g/mol. The van der Waals surface area contributed by atoms with E-state index in [-0.39, 0.29) is 29.3 Å². The average molecular weight is 370 g/mol. The van der Waals surface area contributed by atoms with Gasteiger partial charge in [0.05, 0.1) is 0 Å². The Balaban J connectivity index is 1.57. The minimum absolute atomic E-state index is 0.0112. The standard InChI is InChI=1S/C18H22N6O3/c1-10(2)20-16(25)13-9-23-6-11-7-24(8-12(11)15(23)21-17(13)26)18(27)14-4-5-19-22(14)3/h4-5,9-12H,6-8H2,1-3H3,(H,20,25)/t11-,12+/m0/s1. The van der Waals surface area contributed by atoms with E-state index in [0.717, 1.165) is 0 Å². The van der Waals surface area contributed by atoms with Crippen molar-refractivity contribution in [1.82, 2.24) is 29.5 Å². The molecule has 0 spiro atoms. The maximum Gasteiger partial charge on any atom is 0.285 e. The summed E-state index contributed by atoms with van der Waals surface area (Å²) in [5, 5.41) is 6.78. The third kappa shape index (κ3) is 2.92. The normalized spacial score (nSPS) is 20.7. The summed E-state index contributed by atoms with van der Waals surface area (Å²) in [4.78, 5) is 43.3. The first-order valence-electron chi connectivity index (χ1n) is 9.04. The van der Waals surface area contributed by atoms with Crippen molar-refractivity contribution in [2.75, 3.05) is 13.1 Å². The van der Waals surface area contributed by atoms with Crippen LogP contribution in [-0.2, 0) is 13.6 Å². The number of carbonyl (C=O) groups excluding carboxylic acids is 2. The first-order valence-corrected chi connectivity index (χ1v) is 9.04. The second-order valence-electron chi connectivity index (χ2n) is 7.52. The van der Waals surface area contributed by atoms with E-state index in [4.69, 9.17) is 0 Å². The number of aryl methyl sites for hydroxylation is 1. The molecule has 142 valence electrons. The summed E-state index contributed by atoms with van der Waals surface area (Å²) in [6.45, 7) is 5.44. The van der Waals surface area contributed by atoms with Crippen molar-refractivity contribution in [3.8, 4) is 0 Å². The summed E-state index contributed by atoms with van der Waals surface area (Å²) >= 11 is 0. The van der Waals surface area contributed by atoms with Crippen molar-refractivity contribution in [3.63, 3.8) is 0 Å². The van der Waals surface area contributed by atoms with Crippen LogP contribution in [0, 0.1) is 5.92 Å². The van der Waals surface area contributed by atoms with E-state index in [1.165, 1.54) is 0 Å². The lowest BCUT2D eigenvalue weighted by Gasteiger charge is -2.18. The highest BCUT2D eigenvalue weighted by molar-refractivity contribution is 5.94. The van der Waals surface area contributed by atoms with Crippen molar-refractivity contribution in [2.24, 2.45) is 13.0 Å². The van der Waals surface area contributed by atoms with Gasteiger partial charge in [-0.05, 0) is 19.9 Å².